The summed E-state index contributed by atoms with van der Waals surface area (Å²) >= 11 is 1.32. The van der Waals surface area contributed by atoms with Gasteiger partial charge in [0.1, 0.15) is 5.76 Å². The van der Waals surface area contributed by atoms with Gasteiger partial charge in [-0.2, -0.15) is 0 Å². The highest BCUT2D eigenvalue weighted by Gasteiger charge is 2.14. The molecular formula is C19H14N4O3S. The third-order valence-electron chi connectivity index (χ3n) is 3.79. The second-order valence-corrected chi connectivity index (χ2v) is 6.52. The largest absolute Gasteiger partial charge is 0.454 e. The number of aromatic nitrogens is 3. The van der Waals surface area contributed by atoms with Crippen LogP contribution in [0, 0.1) is 0 Å². The molecule has 8 heteroatoms. The first-order chi connectivity index (χ1) is 13.2. The van der Waals surface area contributed by atoms with E-state index < -0.39 is 5.91 Å². The van der Waals surface area contributed by atoms with Crippen LogP contribution in [-0.4, -0.2) is 20.4 Å². The number of carbonyl (C=O) groups is 1. The number of nitrogens with one attached hydrogen (secondary N) is 1. The topological polar surface area (TPSA) is 90.0 Å². The molecule has 0 spiro atoms. The van der Waals surface area contributed by atoms with Gasteiger partial charge in [-0.15, -0.1) is 11.3 Å². The van der Waals surface area contributed by atoms with Crippen molar-refractivity contribution in [3.63, 3.8) is 0 Å². The van der Waals surface area contributed by atoms with Gasteiger partial charge >= 0.3 is 0 Å². The van der Waals surface area contributed by atoms with Gasteiger partial charge in [-0.1, -0.05) is 6.07 Å². The molecular weight excluding hydrogens is 364 g/mol. The lowest BCUT2D eigenvalue weighted by Crippen LogP contribution is -2.18. The average Bonchev–Trinajstić information content (AvgIpc) is 3.34. The fraction of sp³-hybridized carbons (Fsp3) is 0.0526. The van der Waals surface area contributed by atoms with Crippen LogP contribution in [0.3, 0.4) is 0 Å². The molecule has 1 N–H and O–H groups in total. The highest BCUT2D eigenvalue weighted by Crippen LogP contribution is 2.24. The molecule has 4 heterocycles. The van der Waals surface area contributed by atoms with Crippen LogP contribution in [0.5, 0.6) is 0 Å². The van der Waals surface area contributed by atoms with E-state index in [2.05, 4.69) is 15.3 Å². The maximum absolute atomic E-state index is 12.4. The number of amides is 1. The molecule has 0 aromatic carbocycles. The van der Waals surface area contributed by atoms with Crippen LogP contribution in [0.25, 0.3) is 11.3 Å². The smallest absolute Gasteiger partial charge is 0.293 e. The lowest BCUT2D eigenvalue weighted by Gasteiger charge is -2.02. The third kappa shape index (κ3) is 3.85. The number of thiazole rings is 1. The van der Waals surface area contributed by atoms with Crippen LogP contribution in [-0.2, 0) is 6.54 Å². The van der Waals surface area contributed by atoms with Crippen molar-refractivity contribution in [3.8, 4) is 11.3 Å². The van der Waals surface area contributed by atoms with E-state index >= 15 is 0 Å². The standard InChI is InChI=1S/C19H14N4O3S/c24-17-5-1-2-9-23(17)11-14-6-7-16(26-14)18(25)22-19-21-15(12-27-19)13-4-3-8-20-10-13/h1-10,12H,11H2,(H,21,22,25). The highest BCUT2D eigenvalue weighted by atomic mass is 32.1. The van der Waals surface area contributed by atoms with E-state index in [1.165, 1.54) is 22.0 Å². The number of carbonyl (C=O) groups excluding carboxylic acids is 1. The zero-order valence-electron chi connectivity index (χ0n) is 14.0. The van der Waals surface area contributed by atoms with Crippen LogP contribution in [0.4, 0.5) is 5.13 Å². The molecule has 4 aromatic rings. The van der Waals surface area contributed by atoms with Crippen LogP contribution >= 0.6 is 11.3 Å². The number of hydrogen-bond acceptors (Lipinski definition) is 6. The summed E-state index contributed by atoms with van der Waals surface area (Å²) in [6.07, 6.45) is 5.07. The molecule has 0 aliphatic carbocycles. The molecule has 0 unspecified atom stereocenters. The van der Waals surface area contributed by atoms with Gasteiger partial charge in [-0.05, 0) is 30.3 Å². The summed E-state index contributed by atoms with van der Waals surface area (Å²) in [6, 6.07) is 11.9. The minimum absolute atomic E-state index is 0.134. The quantitative estimate of drug-likeness (QED) is 0.576. The number of rotatable bonds is 5. The van der Waals surface area contributed by atoms with Crippen molar-refractivity contribution in [3.05, 3.63) is 88.3 Å². The van der Waals surface area contributed by atoms with Crippen LogP contribution in [0.2, 0.25) is 0 Å². The van der Waals surface area contributed by atoms with Crippen LogP contribution < -0.4 is 10.9 Å². The summed E-state index contributed by atoms with van der Waals surface area (Å²) in [5.74, 6) is 0.282. The van der Waals surface area contributed by atoms with E-state index in [0.717, 1.165) is 11.3 Å². The zero-order chi connectivity index (χ0) is 18.6. The Morgan fingerprint density at radius 3 is 2.93 bits per heavy atom. The highest BCUT2D eigenvalue weighted by molar-refractivity contribution is 7.14. The van der Waals surface area contributed by atoms with Crippen molar-refractivity contribution in [1.29, 1.82) is 0 Å². The third-order valence-corrected chi connectivity index (χ3v) is 4.55. The average molecular weight is 378 g/mol. The molecule has 0 aliphatic heterocycles. The molecule has 0 radical (unpaired) electrons. The Morgan fingerprint density at radius 1 is 1.19 bits per heavy atom. The molecule has 0 atom stereocenters. The fourth-order valence-electron chi connectivity index (χ4n) is 2.48. The van der Waals surface area contributed by atoms with E-state index in [1.807, 2.05) is 17.5 Å². The number of hydrogen-bond donors (Lipinski definition) is 1. The Balaban J connectivity index is 1.45. The van der Waals surface area contributed by atoms with Gasteiger partial charge in [-0.3, -0.25) is 19.9 Å². The molecule has 4 aromatic heterocycles. The van der Waals surface area contributed by atoms with Crippen molar-refractivity contribution >= 4 is 22.4 Å². The molecule has 1 amide bonds. The Kier molecular flexibility index (Phi) is 4.63. The Labute approximate surface area is 158 Å². The summed E-state index contributed by atoms with van der Waals surface area (Å²) in [4.78, 5) is 32.6. The monoisotopic (exact) mass is 378 g/mol. The molecule has 0 saturated carbocycles. The zero-order valence-corrected chi connectivity index (χ0v) is 14.8. The van der Waals surface area contributed by atoms with E-state index in [0.29, 0.717) is 10.9 Å². The Morgan fingerprint density at radius 2 is 2.11 bits per heavy atom. The van der Waals surface area contributed by atoms with Crippen molar-refractivity contribution in [2.75, 3.05) is 5.32 Å². The lowest BCUT2D eigenvalue weighted by molar-refractivity contribution is 0.0994. The van der Waals surface area contributed by atoms with Crippen molar-refractivity contribution in [1.82, 2.24) is 14.5 Å². The van der Waals surface area contributed by atoms with Gasteiger partial charge < -0.3 is 8.98 Å². The van der Waals surface area contributed by atoms with Crippen molar-refractivity contribution < 1.29 is 9.21 Å². The van der Waals surface area contributed by atoms with Gasteiger partial charge in [0.25, 0.3) is 11.5 Å². The van der Waals surface area contributed by atoms with Crippen molar-refractivity contribution in [2.24, 2.45) is 0 Å². The maximum atomic E-state index is 12.4. The van der Waals surface area contributed by atoms with Gasteiger partial charge in [0.2, 0.25) is 0 Å². The van der Waals surface area contributed by atoms with E-state index in [4.69, 9.17) is 4.42 Å². The summed E-state index contributed by atoms with van der Waals surface area (Å²) < 4.78 is 7.06. The molecule has 27 heavy (non-hydrogen) atoms. The predicted molar refractivity (Wildman–Crippen MR) is 102 cm³/mol. The maximum Gasteiger partial charge on any atom is 0.293 e. The first-order valence-electron chi connectivity index (χ1n) is 8.10. The Hall–Kier alpha value is -3.52. The van der Waals surface area contributed by atoms with Crippen LogP contribution in [0.1, 0.15) is 16.3 Å². The minimum atomic E-state index is -0.395. The van der Waals surface area contributed by atoms with Gasteiger partial charge in [-0.25, -0.2) is 4.98 Å². The fourth-order valence-corrected chi connectivity index (χ4v) is 3.20. The number of nitrogens with zero attached hydrogens (tertiary/aromatic N) is 3. The first kappa shape index (κ1) is 16.9. The SMILES string of the molecule is O=C(Nc1nc(-c2cccnc2)cs1)c1ccc(Cn2ccccc2=O)o1. The normalized spacial score (nSPS) is 10.7. The summed E-state index contributed by atoms with van der Waals surface area (Å²) in [6.45, 7) is 0.259. The number of anilines is 1. The molecule has 7 nitrogen and oxygen atoms in total. The number of pyridine rings is 2. The van der Waals surface area contributed by atoms with Crippen LogP contribution in [0.15, 0.2) is 75.6 Å². The Bertz CT molecular complexity index is 1130. The second kappa shape index (κ2) is 7.38. The molecule has 0 aliphatic rings. The predicted octanol–water partition coefficient (Wildman–Crippen LogP) is 3.26. The first-order valence-corrected chi connectivity index (χ1v) is 8.98. The molecule has 134 valence electrons. The van der Waals surface area contributed by atoms with Gasteiger partial charge in [0.15, 0.2) is 10.9 Å². The minimum Gasteiger partial charge on any atom is -0.454 e. The second-order valence-electron chi connectivity index (χ2n) is 5.67. The summed E-state index contributed by atoms with van der Waals surface area (Å²) in [5.41, 5.74) is 1.49. The molecule has 0 bridgehead atoms. The summed E-state index contributed by atoms with van der Waals surface area (Å²) in [5, 5.41) is 5.04. The van der Waals surface area contributed by atoms with Crippen molar-refractivity contribution in [2.45, 2.75) is 6.54 Å². The van der Waals surface area contributed by atoms with E-state index in [1.54, 1.807) is 42.9 Å². The summed E-state index contributed by atoms with van der Waals surface area (Å²) in [7, 11) is 0. The molecule has 0 fully saturated rings. The van der Waals surface area contributed by atoms with E-state index in [-0.39, 0.29) is 17.9 Å². The number of furan rings is 1. The molecule has 4 rings (SSSR count). The molecule has 0 saturated heterocycles. The van der Waals surface area contributed by atoms with Gasteiger partial charge in [0, 0.05) is 35.6 Å². The van der Waals surface area contributed by atoms with Gasteiger partial charge in [0.05, 0.1) is 12.2 Å². The van der Waals surface area contributed by atoms with E-state index in [9.17, 15) is 9.59 Å². The lowest BCUT2D eigenvalue weighted by atomic mass is 10.2.